The molecule has 0 radical (unpaired) electrons. The van der Waals surface area contributed by atoms with Gasteiger partial charge in [0.2, 0.25) is 5.91 Å². The van der Waals surface area contributed by atoms with E-state index in [1.807, 2.05) is 12.1 Å². The third-order valence-electron chi connectivity index (χ3n) is 2.70. The number of nitrogens with one attached hydrogen (secondary N) is 1. The monoisotopic (exact) mass is 334 g/mol. The van der Waals surface area contributed by atoms with E-state index >= 15 is 0 Å². The summed E-state index contributed by atoms with van der Waals surface area (Å²) >= 11 is 3.46. The number of amides is 1. The number of benzene rings is 1. The molecule has 0 spiro atoms. The first-order valence-electron chi connectivity index (χ1n) is 5.68. The summed E-state index contributed by atoms with van der Waals surface area (Å²) in [5.41, 5.74) is 6.44. The average Bonchev–Trinajstić information content (AvgIpc) is 2.27. The predicted octanol–water partition coefficient (Wildman–Crippen LogP) is 2.61. The van der Waals surface area contributed by atoms with Crippen molar-refractivity contribution < 1.29 is 4.79 Å². The van der Waals surface area contributed by atoms with Crippen molar-refractivity contribution in [2.75, 3.05) is 13.1 Å². The fourth-order valence-electron chi connectivity index (χ4n) is 1.55. The number of carbonyl (C=O) groups is 1. The Morgan fingerprint density at radius 2 is 2.11 bits per heavy atom. The van der Waals surface area contributed by atoms with Crippen LogP contribution in [0.3, 0.4) is 0 Å². The van der Waals surface area contributed by atoms with E-state index in [2.05, 4.69) is 47.2 Å². The highest BCUT2D eigenvalue weighted by molar-refractivity contribution is 9.10. The number of carbonyl (C=O) groups excluding carboxylic acids is 1. The molecule has 5 heteroatoms. The van der Waals surface area contributed by atoms with Gasteiger partial charge in [0.1, 0.15) is 0 Å². The topological polar surface area (TPSA) is 55.1 Å². The smallest absolute Gasteiger partial charge is 0.221 e. The molecule has 0 saturated heterocycles. The minimum Gasteiger partial charge on any atom is -0.355 e. The van der Waals surface area contributed by atoms with Crippen LogP contribution in [-0.4, -0.2) is 19.0 Å². The van der Waals surface area contributed by atoms with Gasteiger partial charge in [-0.3, -0.25) is 4.79 Å². The third kappa shape index (κ3) is 5.38. The molecule has 0 aliphatic carbocycles. The molecule has 0 heterocycles. The summed E-state index contributed by atoms with van der Waals surface area (Å²) in [5, 5.41) is 2.91. The molecule has 0 aliphatic rings. The van der Waals surface area contributed by atoms with Gasteiger partial charge in [-0.2, -0.15) is 0 Å². The van der Waals surface area contributed by atoms with Crippen LogP contribution in [0.1, 0.15) is 25.8 Å². The van der Waals surface area contributed by atoms with Crippen molar-refractivity contribution >= 4 is 34.2 Å². The van der Waals surface area contributed by atoms with Crippen LogP contribution in [0.2, 0.25) is 0 Å². The van der Waals surface area contributed by atoms with Gasteiger partial charge >= 0.3 is 0 Å². The Hall–Kier alpha value is -0.580. The lowest BCUT2D eigenvalue weighted by molar-refractivity contribution is -0.121. The van der Waals surface area contributed by atoms with Gasteiger partial charge in [0, 0.05) is 29.4 Å². The van der Waals surface area contributed by atoms with Crippen LogP contribution in [0.25, 0.3) is 0 Å². The van der Waals surface area contributed by atoms with Crippen LogP contribution in [0.15, 0.2) is 28.7 Å². The molecule has 0 fully saturated rings. The Kier molecular flexibility index (Phi) is 7.52. The number of hydrogen-bond donors (Lipinski definition) is 2. The Morgan fingerprint density at radius 3 is 2.67 bits per heavy atom. The van der Waals surface area contributed by atoms with Crippen molar-refractivity contribution in [3.8, 4) is 0 Å². The molecule has 0 bridgehead atoms. The standard InChI is InChI=1S/C13H19BrN2O.ClH/c1-13(2,9-16-12(17)6-7-15)10-4-3-5-11(14)8-10;/h3-5,8H,6-7,9,15H2,1-2H3,(H,16,17);1H. The van der Waals surface area contributed by atoms with Crippen molar-refractivity contribution in [2.24, 2.45) is 5.73 Å². The summed E-state index contributed by atoms with van der Waals surface area (Å²) in [4.78, 5) is 11.4. The van der Waals surface area contributed by atoms with E-state index in [-0.39, 0.29) is 23.7 Å². The lowest BCUT2D eigenvalue weighted by Gasteiger charge is -2.26. The number of hydrogen-bond acceptors (Lipinski definition) is 2. The minimum atomic E-state index is -0.0892. The quantitative estimate of drug-likeness (QED) is 0.869. The highest BCUT2D eigenvalue weighted by atomic mass is 79.9. The maximum absolute atomic E-state index is 11.4. The molecule has 18 heavy (non-hydrogen) atoms. The van der Waals surface area contributed by atoms with Crippen LogP contribution in [0, 0.1) is 0 Å². The van der Waals surface area contributed by atoms with Gasteiger partial charge in [-0.05, 0) is 17.7 Å². The molecule has 3 nitrogen and oxygen atoms in total. The second kappa shape index (κ2) is 7.77. The highest BCUT2D eigenvalue weighted by Gasteiger charge is 2.21. The second-order valence-electron chi connectivity index (χ2n) is 4.71. The SMILES string of the molecule is CC(C)(CNC(=O)CCN)c1cccc(Br)c1.Cl. The Morgan fingerprint density at radius 1 is 1.44 bits per heavy atom. The van der Waals surface area contributed by atoms with Crippen LogP contribution < -0.4 is 11.1 Å². The predicted molar refractivity (Wildman–Crippen MR) is 81.1 cm³/mol. The van der Waals surface area contributed by atoms with Gasteiger partial charge in [-0.25, -0.2) is 0 Å². The molecule has 0 unspecified atom stereocenters. The normalized spacial score (nSPS) is 10.7. The van der Waals surface area contributed by atoms with Crippen molar-refractivity contribution in [1.82, 2.24) is 5.32 Å². The molecule has 1 aromatic carbocycles. The average molecular weight is 336 g/mol. The van der Waals surface area contributed by atoms with E-state index in [4.69, 9.17) is 5.73 Å². The largest absolute Gasteiger partial charge is 0.355 e. The van der Waals surface area contributed by atoms with E-state index in [1.54, 1.807) is 0 Å². The number of rotatable bonds is 5. The summed E-state index contributed by atoms with van der Waals surface area (Å²) in [6.45, 7) is 5.22. The van der Waals surface area contributed by atoms with Crippen molar-refractivity contribution in [2.45, 2.75) is 25.7 Å². The molecule has 3 N–H and O–H groups in total. The van der Waals surface area contributed by atoms with Gasteiger partial charge in [-0.15, -0.1) is 12.4 Å². The Labute approximate surface area is 123 Å². The third-order valence-corrected chi connectivity index (χ3v) is 3.20. The first kappa shape index (κ1) is 17.4. The van der Waals surface area contributed by atoms with Crippen LogP contribution in [0.5, 0.6) is 0 Å². The van der Waals surface area contributed by atoms with Gasteiger partial charge in [-0.1, -0.05) is 41.9 Å². The Balaban J connectivity index is 0.00000289. The fraction of sp³-hybridized carbons (Fsp3) is 0.462. The van der Waals surface area contributed by atoms with Gasteiger partial charge in [0.15, 0.2) is 0 Å². The molecule has 0 atom stereocenters. The molecule has 1 amide bonds. The van der Waals surface area contributed by atoms with E-state index in [1.165, 1.54) is 5.56 Å². The lowest BCUT2D eigenvalue weighted by Crippen LogP contribution is -2.37. The van der Waals surface area contributed by atoms with Gasteiger partial charge in [0.25, 0.3) is 0 Å². The zero-order valence-electron chi connectivity index (χ0n) is 10.7. The van der Waals surface area contributed by atoms with E-state index < -0.39 is 0 Å². The maximum atomic E-state index is 11.4. The summed E-state index contributed by atoms with van der Waals surface area (Å²) in [7, 11) is 0. The second-order valence-corrected chi connectivity index (χ2v) is 5.63. The zero-order valence-corrected chi connectivity index (χ0v) is 13.1. The first-order valence-corrected chi connectivity index (χ1v) is 6.48. The summed E-state index contributed by atoms with van der Waals surface area (Å²) in [6, 6.07) is 8.14. The Bertz CT molecular complexity index is 396. The summed E-state index contributed by atoms with van der Waals surface area (Å²) < 4.78 is 1.05. The molecule has 1 aromatic rings. The maximum Gasteiger partial charge on any atom is 0.221 e. The molecule has 1 rings (SSSR count). The summed E-state index contributed by atoms with van der Waals surface area (Å²) in [5.74, 6) is 0.00979. The minimum absolute atomic E-state index is 0. The number of halogens is 2. The molecule has 0 aromatic heterocycles. The lowest BCUT2D eigenvalue weighted by atomic mass is 9.84. The molecular weight excluding hydrogens is 316 g/mol. The number of nitrogens with two attached hydrogens (primary N) is 1. The van der Waals surface area contributed by atoms with Crippen LogP contribution >= 0.6 is 28.3 Å². The first-order chi connectivity index (χ1) is 7.95. The van der Waals surface area contributed by atoms with E-state index in [9.17, 15) is 4.79 Å². The molecule has 102 valence electrons. The van der Waals surface area contributed by atoms with Gasteiger partial charge < -0.3 is 11.1 Å². The van der Waals surface area contributed by atoms with Gasteiger partial charge in [0.05, 0.1) is 0 Å². The summed E-state index contributed by atoms with van der Waals surface area (Å²) in [6.07, 6.45) is 0.383. The van der Waals surface area contributed by atoms with Crippen molar-refractivity contribution in [3.63, 3.8) is 0 Å². The van der Waals surface area contributed by atoms with Crippen molar-refractivity contribution in [3.05, 3.63) is 34.3 Å². The van der Waals surface area contributed by atoms with Crippen molar-refractivity contribution in [1.29, 1.82) is 0 Å². The van der Waals surface area contributed by atoms with E-state index in [0.717, 1.165) is 4.47 Å². The highest BCUT2D eigenvalue weighted by Crippen LogP contribution is 2.24. The fourth-order valence-corrected chi connectivity index (χ4v) is 1.95. The van der Waals surface area contributed by atoms with Crippen LogP contribution in [-0.2, 0) is 10.2 Å². The molecule has 0 saturated carbocycles. The zero-order chi connectivity index (χ0) is 12.9. The van der Waals surface area contributed by atoms with Crippen LogP contribution in [0.4, 0.5) is 0 Å². The van der Waals surface area contributed by atoms with E-state index in [0.29, 0.717) is 19.5 Å². The molecule has 0 aliphatic heterocycles. The molecular formula is C13H20BrClN2O.